The molecule has 0 aromatic heterocycles. The summed E-state index contributed by atoms with van der Waals surface area (Å²) in [5, 5.41) is 12.4. The SMILES string of the molecule is CCC(C)(O)CNC(=O)COc1ccc(C)cc1OC. The quantitative estimate of drug-likeness (QED) is 0.797. The Kier molecular flexibility index (Phi) is 5.82. The van der Waals surface area contributed by atoms with Crippen molar-refractivity contribution in [3.8, 4) is 11.5 Å². The molecule has 0 heterocycles. The van der Waals surface area contributed by atoms with Gasteiger partial charge in [-0.3, -0.25) is 4.79 Å². The van der Waals surface area contributed by atoms with E-state index in [1.165, 1.54) is 0 Å². The summed E-state index contributed by atoms with van der Waals surface area (Å²) in [5.41, 5.74) is 0.162. The number of hydrogen-bond acceptors (Lipinski definition) is 4. The van der Waals surface area contributed by atoms with E-state index in [9.17, 15) is 9.90 Å². The van der Waals surface area contributed by atoms with E-state index >= 15 is 0 Å². The van der Waals surface area contributed by atoms with Crippen LogP contribution in [0.25, 0.3) is 0 Å². The lowest BCUT2D eigenvalue weighted by atomic mass is 10.0. The second kappa shape index (κ2) is 7.14. The zero-order valence-corrected chi connectivity index (χ0v) is 12.5. The molecule has 0 aliphatic heterocycles. The summed E-state index contributed by atoms with van der Waals surface area (Å²) in [6.07, 6.45) is 0.569. The molecule has 20 heavy (non-hydrogen) atoms. The minimum atomic E-state index is -0.892. The van der Waals surface area contributed by atoms with Crippen molar-refractivity contribution in [2.45, 2.75) is 32.8 Å². The molecule has 0 aliphatic carbocycles. The Labute approximate surface area is 119 Å². The van der Waals surface area contributed by atoms with Crippen molar-refractivity contribution >= 4 is 5.91 Å². The molecule has 0 spiro atoms. The van der Waals surface area contributed by atoms with Crippen molar-refractivity contribution in [1.82, 2.24) is 5.32 Å². The summed E-state index contributed by atoms with van der Waals surface area (Å²) in [6, 6.07) is 5.50. The van der Waals surface area contributed by atoms with Crippen LogP contribution in [0, 0.1) is 6.92 Å². The average Bonchev–Trinajstić information content (AvgIpc) is 2.43. The Morgan fingerprint density at radius 1 is 1.40 bits per heavy atom. The number of ether oxygens (including phenoxy) is 2. The van der Waals surface area contributed by atoms with Crippen LogP contribution in [0.1, 0.15) is 25.8 Å². The molecule has 0 fully saturated rings. The molecule has 5 nitrogen and oxygen atoms in total. The Bertz CT molecular complexity index is 457. The molecule has 0 aliphatic rings. The van der Waals surface area contributed by atoms with Crippen LogP contribution in [0.15, 0.2) is 18.2 Å². The predicted octanol–water partition coefficient (Wildman–Crippen LogP) is 1.66. The first-order chi connectivity index (χ1) is 9.38. The zero-order valence-electron chi connectivity index (χ0n) is 12.5. The number of aliphatic hydroxyl groups is 1. The van der Waals surface area contributed by atoms with E-state index in [4.69, 9.17) is 9.47 Å². The Morgan fingerprint density at radius 3 is 2.70 bits per heavy atom. The summed E-state index contributed by atoms with van der Waals surface area (Å²) in [5.74, 6) is 0.843. The number of methoxy groups -OCH3 is 1. The molecule has 0 saturated heterocycles. The van der Waals surface area contributed by atoms with Crippen LogP contribution in [0.2, 0.25) is 0 Å². The second-order valence-electron chi connectivity index (χ2n) is 5.07. The minimum absolute atomic E-state index is 0.112. The molecule has 112 valence electrons. The highest BCUT2D eigenvalue weighted by Gasteiger charge is 2.18. The van der Waals surface area contributed by atoms with Gasteiger partial charge >= 0.3 is 0 Å². The summed E-state index contributed by atoms with van der Waals surface area (Å²) in [6.45, 7) is 5.58. The van der Waals surface area contributed by atoms with E-state index in [1.807, 2.05) is 26.0 Å². The molecule has 0 saturated carbocycles. The van der Waals surface area contributed by atoms with E-state index in [0.29, 0.717) is 17.9 Å². The molecular formula is C15H23NO4. The van der Waals surface area contributed by atoms with Gasteiger partial charge in [-0.2, -0.15) is 0 Å². The maximum atomic E-state index is 11.7. The van der Waals surface area contributed by atoms with Crippen LogP contribution in [0.3, 0.4) is 0 Å². The van der Waals surface area contributed by atoms with Gasteiger partial charge in [0, 0.05) is 6.54 Å². The lowest BCUT2D eigenvalue weighted by Gasteiger charge is -2.21. The summed E-state index contributed by atoms with van der Waals surface area (Å²) in [4.78, 5) is 11.7. The lowest BCUT2D eigenvalue weighted by molar-refractivity contribution is -0.124. The first kappa shape index (κ1) is 16.3. The summed E-state index contributed by atoms with van der Waals surface area (Å²) >= 11 is 0. The van der Waals surface area contributed by atoms with Gasteiger partial charge in [-0.05, 0) is 38.0 Å². The van der Waals surface area contributed by atoms with Crippen LogP contribution >= 0.6 is 0 Å². The fourth-order valence-corrected chi connectivity index (χ4v) is 1.50. The fourth-order valence-electron chi connectivity index (χ4n) is 1.50. The molecule has 1 aromatic carbocycles. The number of rotatable bonds is 7. The van der Waals surface area contributed by atoms with Gasteiger partial charge in [-0.25, -0.2) is 0 Å². The molecular weight excluding hydrogens is 258 g/mol. The molecule has 0 bridgehead atoms. The van der Waals surface area contributed by atoms with Crippen molar-refractivity contribution in [2.24, 2.45) is 0 Å². The molecule has 2 N–H and O–H groups in total. The minimum Gasteiger partial charge on any atom is -0.493 e. The Balaban J connectivity index is 2.49. The van der Waals surface area contributed by atoms with Gasteiger partial charge in [-0.1, -0.05) is 13.0 Å². The van der Waals surface area contributed by atoms with Crippen LogP contribution in [0.4, 0.5) is 0 Å². The van der Waals surface area contributed by atoms with Gasteiger partial charge < -0.3 is 19.9 Å². The van der Waals surface area contributed by atoms with E-state index in [0.717, 1.165) is 5.56 Å². The molecule has 1 rings (SSSR count). The van der Waals surface area contributed by atoms with Gasteiger partial charge in [0.1, 0.15) is 0 Å². The largest absolute Gasteiger partial charge is 0.493 e. The van der Waals surface area contributed by atoms with E-state index in [-0.39, 0.29) is 19.1 Å². The van der Waals surface area contributed by atoms with Crippen LogP contribution in [0.5, 0.6) is 11.5 Å². The molecule has 5 heteroatoms. The standard InChI is InChI=1S/C15H23NO4/c1-5-15(3,18)10-16-14(17)9-20-12-7-6-11(2)8-13(12)19-4/h6-8,18H,5,9-10H2,1-4H3,(H,16,17). The predicted molar refractivity (Wildman–Crippen MR) is 77.2 cm³/mol. The monoisotopic (exact) mass is 281 g/mol. The molecule has 1 unspecified atom stereocenters. The summed E-state index contributed by atoms with van der Waals surface area (Å²) in [7, 11) is 1.56. The first-order valence-corrected chi connectivity index (χ1v) is 6.64. The third-order valence-electron chi connectivity index (χ3n) is 3.11. The molecule has 1 aromatic rings. The number of carbonyl (C=O) groups is 1. The van der Waals surface area contributed by atoms with Crippen LogP contribution in [-0.4, -0.2) is 36.9 Å². The van der Waals surface area contributed by atoms with E-state index < -0.39 is 5.60 Å². The number of benzene rings is 1. The van der Waals surface area contributed by atoms with Crippen LogP contribution < -0.4 is 14.8 Å². The van der Waals surface area contributed by atoms with Crippen molar-refractivity contribution in [3.63, 3.8) is 0 Å². The zero-order chi connectivity index (χ0) is 15.2. The number of carbonyl (C=O) groups excluding carboxylic acids is 1. The second-order valence-corrected chi connectivity index (χ2v) is 5.07. The van der Waals surface area contributed by atoms with E-state index in [1.54, 1.807) is 20.1 Å². The highest BCUT2D eigenvalue weighted by molar-refractivity contribution is 5.77. The average molecular weight is 281 g/mol. The van der Waals surface area contributed by atoms with Crippen LogP contribution in [-0.2, 0) is 4.79 Å². The van der Waals surface area contributed by atoms with Crippen molar-refractivity contribution in [3.05, 3.63) is 23.8 Å². The van der Waals surface area contributed by atoms with Gasteiger partial charge in [-0.15, -0.1) is 0 Å². The number of aryl methyl sites for hydroxylation is 1. The van der Waals surface area contributed by atoms with E-state index in [2.05, 4.69) is 5.32 Å². The smallest absolute Gasteiger partial charge is 0.258 e. The summed E-state index contributed by atoms with van der Waals surface area (Å²) < 4.78 is 10.6. The highest BCUT2D eigenvalue weighted by Crippen LogP contribution is 2.27. The van der Waals surface area contributed by atoms with Gasteiger partial charge in [0.25, 0.3) is 5.91 Å². The number of nitrogens with one attached hydrogen (secondary N) is 1. The Hall–Kier alpha value is -1.75. The normalized spacial score (nSPS) is 13.4. The third-order valence-corrected chi connectivity index (χ3v) is 3.11. The van der Waals surface area contributed by atoms with Gasteiger partial charge in [0.15, 0.2) is 18.1 Å². The Morgan fingerprint density at radius 2 is 2.10 bits per heavy atom. The number of amides is 1. The lowest BCUT2D eigenvalue weighted by Crippen LogP contribution is -2.41. The highest BCUT2D eigenvalue weighted by atomic mass is 16.5. The molecule has 0 radical (unpaired) electrons. The topological polar surface area (TPSA) is 67.8 Å². The van der Waals surface area contributed by atoms with Gasteiger partial charge in [0.2, 0.25) is 0 Å². The van der Waals surface area contributed by atoms with Crippen molar-refractivity contribution in [2.75, 3.05) is 20.3 Å². The third kappa shape index (κ3) is 5.09. The van der Waals surface area contributed by atoms with Crippen molar-refractivity contribution < 1.29 is 19.4 Å². The fraction of sp³-hybridized carbons (Fsp3) is 0.533. The molecule has 1 amide bonds. The maximum Gasteiger partial charge on any atom is 0.258 e. The number of hydrogen-bond donors (Lipinski definition) is 2. The molecule has 1 atom stereocenters. The van der Waals surface area contributed by atoms with Gasteiger partial charge in [0.05, 0.1) is 12.7 Å². The first-order valence-electron chi connectivity index (χ1n) is 6.64. The van der Waals surface area contributed by atoms with Crippen molar-refractivity contribution in [1.29, 1.82) is 0 Å². The maximum absolute atomic E-state index is 11.7.